The summed E-state index contributed by atoms with van der Waals surface area (Å²) >= 11 is 0. The highest BCUT2D eigenvalue weighted by Gasteiger charge is 2.26. The Morgan fingerprint density at radius 1 is 1.36 bits per heavy atom. The molecular weight excluding hydrogens is 276 g/mol. The predicted molar refractivity (Wildman–Crippen MR) is 87.8 cm³/mol. The molecule has 1 aliphatic heterocycles. The van der Waals surface area contributed by atoms with Gasteiger partial charge in [-0.05, 0) is 38.3 Å². The third-order valence-corrected chi connectivity index (χ3v) is 4.44. The van der Waals surface area contributed by atoms with Crippen molar-refractivity contribution in [2.45, 2.75) is 45.3 Å². The molecule has 0 aliphatic carbocycles. The summed E-state index contributed by atoms with van der Waals surface area (Å²) in [6.07, 6.45) is 4.64. The van der Waals surface area contributed by atoms with E-state index in [2.05, 4.69) is 36.3 Å². The van der Waals surface area contributed by atoms with Crippen molar-refractivity contribution in [3.05, 3.63) is 36.0 Å². The van der Waals surface area contributed by atoms with Crippen LogP contribution in [0, 0.1) is 0 Å². The lowest BCUT2D eigenvalue weighted by molar-refractivity contribution is -0.143. The predicted octanol–water partition coefficient (Wildman–Crippen LogP) is 3.13. The van der Waals surface area contributed by atoms with Crippen LogP contribution in [0.4, 0.5) is 0 Å². The van der Waals surface area contributed by atoms with E-state index in [0.29, 0.717) is 19.6 Å². The van der Waals surface area contributed by atoms with Gasteiger partial charge < -0.3 is 14.6 Å². The summed E-state index contributed by atoms with van der Waals surface area (Å²) < 4.78 is 5.58. The lowest BCUT2D eigenvalue weighted by Gasteiger charge is -2.36. The van der Waals surface area contributed by atoms with Crippen LogP contribution < -0.4 is 0 Å². The van der Waals surface area contributed by atoms with Crippen LogP contribution in [0.5, 0.6) is 0 Å². The van der Waals surface area contributed by atoms with Crippen LogP contribution in [0.1, 0.15) is 32.3 Å². The Balaban J connectivity index is 1.55. The molecule has 0 unspecified atom stereocenters. The molecule has 0 radical (unpaired) electrons. The highest BCUT2D eigenvalue weighted by molar-refractivity contribution is 5.83. The molecule has 4 heteroatoms. The fourth-order valence-electron chi connectivity index (χ4n) is 3.16. The van der Waals surface area contributed by atoms with Gasteiger partial charge in [0.1, 0.15) is 0 Å². The number of nitrogens with zero attached hydrogens (tertiary/aromatic N) is 1. The molecule has 0 saturated carbocycles. The molecule has 2 heterocycles. The largest absolute Gasteiger partial charge is 0.375 e. The molecule has 1 saturated heterocycles. The van der Waals surface area contributed by atoms with E-state index in [1.54, 1.807) is 0 Å². The summed E-state index contributed by atoms with van der Waals surface area (Å²) in [7, 11) is 0. The Hall–Kier alpha value is -1.81. The Morgan fingerprint density at radius 3 is 3.05 bits per heavy atom. The van der Waals surface area contributed by atoms with Crippen LogP contribution in [0.15, 0.2) is 30.5 Å². The average Bonchev–Trinajstić information content (AvgIpc) is 2.93. The monoisotopic (exact) mass is 300 g/mol. The number of carbonyl (C=O) groups excluding carboxylic acids is 1. The van der Waals surface area contributed by atoms with Crippen molar-refractivity contribution in [1.29, 1.82) is 0 Å². The highest BCUT2D eigenvalue weighted by Crippen LogP contribution is 2.20. The number of aromatic amines is 1. The van der Waals surface area contributed by atoms with Gasteiger partial charge in [-0.3, -0.25) is 4.79 Å². The topological polar surface area (TPSA) is 45.3 Å². The van der Waals surface area contributed by atoms with Crippen molar-refractivity contribution in [1.82, 2.24) is 9.88 Å². The number of morpholine rings is 1. The van der Waals surface area contributed by atoms with Crippen LogP contribution in [0.2, 0.25) is 0 Å². The third-order valence-electron chi connectivity index (χ3n) is 4.44. The zero-order valence-electron chi connectivity index (χ0n) is 13.3. The molecule has 3 rings (SSSR count). The van der Waals surface area contributed by atoms with Crippen molar-refractivity contribution in [2.75, 3.05) is 13.2 Å². The van der Waals surface area contributed by atoms with Crippen molar-refractivity contribution in [3.63, 3.8) is 0 Å². The number of nitrogens with one attached hydrogen (secondary N) is 1. The number of carbonyl (C=O) groups is 1. The lowest BCUT2D eigenvalue weighted by atomic mass is 10.1. The van der Waals surface area contributed by atoms with Crippen molar-refractivity contribution in [3.8, 4) is 0 Å². The van der Waals surface area contributed by atoms with E-state index in [1.807, 2.05) is 17.9 Å². The van der Waals surface area contributed by atoms with Gasteiger partial charge in [-0.2, -0.15) is 0 Å². The second-order valence-electron chi connectivity index (χ2n) is 6.25. The number of aromatic nitrogens is 1. The van der Waals surface area contributed by atoms with Crippen molar-refractivity contribution in [2.24, 2.45) is 0 Å². The quantitative estimate of drug-likeness (QED) is 0.943. The molecule has 4 nitrogen and oxygen atoms in total. The fourth-order valence-corrected chi connectivity index (χ4v) is 3.16. The van der Waals surface area contributed by atoms with Crippen molar-refractivity contribution >= 4 is 16.8 Å². The van der Waals surface area contributed by atoms with Crippen LogP contribution in [0.3, 0.4) is 0 Å². The third kappa shape index (κ3) is 3.17. The molecule has 22 heavy (non-hydrogen) atoms. The zero-order valence-corrected chi connectivity index (χ0v) is 13.3. The Labute approximate surface area is 131 Å². The standard InChI is InChI=1S/C18H24N2O2/c1-13-12-22-14(2)11-20(13)18(21)9-5-6-15-10-19-17-8-4-3-7-16(15)17/h3-4,7-8,10,13-14,19H,5-6,9,11-12H2,1-2H3/t13-,14-/m1/s1. The number of benzene rings is 1. The average molecular weight is 300 g/mol. The summed E-state index contributed by atoms with van der Waals surface area (Å²) in [5.41, 5.74) is 2.46. The molecular formula is C18H24N2O2. The number of amides is 1. The van der Waals surface area contributed by atoms with E-state index in [9.17, 15) is 4.79 Å². The smallest absolute Gasteiger partial charge is 0.222 e. The number of hydrogen-bond acceptors (Lipinski definition) is 2. The maximum atomic E-state index is 12.4. The van der Waals surface area contributed by atoms with Crippen LogP contribution >= 0.6 is 0 Å². The van der Waals surface area contributed by atoms with Gasteiger partial charge in [-0.1, -0.05) is 18.2 Å². The van der Waals surface area contributed by atoms with Gasteiger partial charge in [0.05, 0.1) is 18.8 Å². The molecule has 118 valence electrons. The number of rotatable bonds is 4. The zero-order chi connectivity index (χ0) is 15.5. The molecule has 1 amide bonds. The van der Waals surface area contributed by atoms with Gasteiger partial charge in [-0.15, -0.1) is 0 Å². The van der Waals surface area contributed by atoms with E-state index in [1.165, 1.54) is 16.5 Å². The maximum absolute atomic E-state index is 12.4. The summed E-state index contributed by atoms with van der Waals surface area (Å²) in [6.45, 7) is 5.45. The molecule has 1 aromatic carbocycles. The minimum Gasteiger partial charge on any atom is -0.375 e. The summed E-state index contributed by atoms with van der Waals surface area (Å²) in [5, 5.41) is 1.27. The summed E-state index contributed by atoms with van der Waals surface area (Å²) in [5.74, 6) is 0.252. The molecule has 0 bridgehead atoms. The summed E-state index contributed by atoms with van der Waals surface area (Å²) in [6, 6.07) is 8.50. The number of hydrogen-bond donors (Lipinski definition) is 1. The van der Waals surface area contributed by atoms with Gasteiger partial charge in [0.2, 0.25) is 5.91 Å². The Kier molecular flexibility index (Phi) is 4.48. The normalized spacial score (nSPS) is 22.2. The highest BCUT2D eigenvalue weighted by atomic mass is 16.5. The Bertz CT molecular complexity index is 649. The number of para-hydroxylation sites is 1. The molecule has 2 aromatic rings. The van der Waals surface area contributed by atoms with Gasteiger partial charge >= 0.3 is 0 Å². The Morgan fingerprint density at radius 2 is 2.18 bits per heavy atom. The minimum absolute atomic E-state index is 0.147. The fraction of sp³-hybridized carbons (Fsp3) is 0.500. The first-order chi connectivity index (χ1) is 10.6. The lowest BCUT2D eigenvalue weighted by Crippen LogP contribution is -2.50. The first-order valence-electron chi connectivity index (χ1n) is 8.11. The van der Waals surface area contributed by atoms with E-state index < -0.39 is 0 Å². The molecule has 2 atom stereocenters. The number of ether oxygens (including phenoxy) is 1. The second-order valence-corrected chi connectivity index (χ2v) is 6.25. The van der Waals surface area contributed by atoms with Crippen LogP contribution in [-0.4, -0.2) is 41.1 Å². The molecule has 0 spiro atoms. The number of fused-ring (bicyclic) bond motifs is 1. The van der Waals surface area contributed by atoms with E-state index >= 15 is 0 Å². The molecule has 1 aliphatic rings. The van der Waals surface area contributed by atoms with Crippen LogP contribution in [-0.2, 0) is 16.0 Å². The molecule has 1 N–H and O–H groups in total. The molecule has 1 fully saturated rings. The van der Waals surface area contributed by atoms with E-state index in [-0.39, 0.29) is 18.1 Å². The van der Waals surface area contributed by atoms with E-state index in [0.717, 1.165) is 12.8 Å². The van der Waals surface area contributed by atoms with Gasteiger partial charge in [0, 0.05) is 30.1 Å². The van der Waals surface area contributed by atoms with Crippen LogP contribution in [0.25, 0.3) is 10.9 Å². The molecule has 1 aromatic heterocycles. The van der Waals surface area contributed by atoms with Gasteiger partial charge in [0.25, 0.3) is 0 Å². The maximum Gasteiger partial charge on any atom is 0.222 e. The summed E-state index contributed by atoms with van der Waals surface area (Å²) in [4.78, 5) is 17.7. The van der Waals surface area contributed by atoms with Crippen molar-refractivity contribution < 1.29 is 9.53 Å². The first kappa shape index (κ1) is 15.1. The van der Waals surface area contributed by atoms with Gasteiger partial charge in [-0.25, -0.2) is 0 Å². The minimum atomic E-state index is 0.147. The number of H-pyrrole nitrogens is 1. The number of aryl methyl sites for hydroxylation is 1. The van der Waals surface area contributed by atoms with Gasteiger partial charge in [0.15, 0.2) is 0 Å². The first-order valence-corrected chi connectivity index (χ1v) is 8.11. The second kappa shape index (κ2) is 6.53. The SMILES string of the molecule is C[C@@H]1CN(C(=O)CCCc2c[nH]c3ccccc23)[C@H](C)CO1. The van der Waals surface area contributed by atoms with E-state index in [4.69, 9.17) is 4.74 Å².